The van der Waals surface area contributed by atoms with Gasteiger partial charge in [-0.2, -0.15) is 5.10 Å². The summed E-state index contributed by atoms with van der Waals surface area (Å²) in [6.45, 7) is 2.52. The number of hydrogen-bond donors (Lipinski definition) is 1. The predicted octanol–water partition coefficient (Wildman–Crippen LogP) is 3.04. The molecule has 2 heterocycles. The number of hydrogen-bond acceptors (Lipinski definition) is 3. The molecule has 0 aliphatic carbocycles. The van der Waals surface area contributed by atoms with Crippen molar-refractivity contribution < 1.29 is 4.79 Å². The molecule has 0 atom stereocenters. The van der Waals surface area contributed by atoms with Crippen molar-refractivity contribution in [3.05, 3.63) is 71.7 Å². The molecule has 0 radical (unpaired) electrons. The molecule has 1 aromatic carbocycles. The van der Waals surface area contributed by atoms with Crippen LogP contribution >= 0.6 is 0 Å². The molecule has 2 aromatic heterocycles. The van der Waals surface area contributed by atoms with Crippen molar-refractivity contribution in [2.45, 2.75) is 26.3 Å². The number of aromatic nitrogens is 3. The van der Waals surface area contributed by atoms with Crippen LogP contribution in [0.25, 0.3) is 11.3 Å². The molecular weight excluding hydrogens is 312 g/mol. The third-order valence-corrected chi connectivity index (χ3v) is 4.04. The van der Waals surface area contributed by atoms with Gasteiger partial charge in [0.05, 0.1) is 17.9 Å². The van der Waals surface area contributed by atoms with Crippen LogP contribution in [-0.4, -0.2) is 20.7 Å². The first-order valence-corrected chi connectivity index (χ1v) is 8.38. The van der Waals surface area contributed by atoms with E-state index in [0.717, 1.165) is 22.5 Å². The van der Waals surface area contributed by atoms with Gasteiger partial charge in [-0.1, -0.05) is 35.9 Å². The zero-order valence-corrected chi connectivity index (χ0v) is 14.6. The van der Waals surface area contributed by atoms with E-state index in [9.17, 15) is 4.79 Å². The van der Waals surface area contributed by atoms with Crippen LogP contribution in [0.4, 0.5) is 0 Å². The number of aryl methyl sites for hydroxylation is 3. The van der Waals surface area contributed by atoms with Crippen LogP contribution in [0.2, 0.25) is 0 Å². The summed E-state index contributed by atoms with van der Waals surface area (Å²) in [7, 11) is 1.91. The Balaban J connectivity index is 1.61. The highest BCUT2D eigenvalue weighted by molar-refractivity contribution is 5.76. The summed E-state index contributed by atoms with van der Waals surface area (Å²) in [6.07, 6.45) is 4.80. The fourth-order valence-electron chi connectivity index (χ4n) is 2.70. The van der Waals surface area contributed by atoms with E-state index in [4.69, 9.17) is 0 Å². The standard InChI is InChI=1S/C20H22N4O/c1-15-6-8-16(9-7-15)20-17(14-24(2)23-20)10-11-19(25)22-13-18-5-3-4-12-21-18/h3-9,12,14H,10-11,13H2,1-2H3,(H,22,25). The van der Waals surface area contributed by atoms with Gasteiger partial charge in [-0.15, -0.1) is 0 Å². The van der Waals surface area contributed by atoms with Crippen molar-refractivity contribution >= 4 is 5.91 Å². The van der Waals surface area contributed by atoms with E-state index in [1.165, 1.54) is 5.56 Å². The van der Waals surface area contributed by atoms with Gasteiger partial charge in [0.25, 0.3) is 0 Å². The maximum absolute atomic E-state index is 12.1. The van der Waals surface area contributed by atoms with E-state index in [1.807, 2.05) is 31.4 Å². The summed E-state index contributed by atoms with van der Waals surface area (Å²) in [6, 6.07) is 14.0. The second kappa shape index (κ2) is 7.75. The lowest BCUT2D eigenvalue weighted by Gasteiger charge is -2.05. The Bertz CT molecular complexity index is 838. The molecule has 3 aromatic rings. The molecule has 0 bridgehead atoms. The monoisotopic (exact) mass is 334 g/mol. The van der Waals surface area contributed by atoms with Gasteiger partial charge in [-0.05, 0) is 31.0 Å². The smallest absolute Gasteiger partial charge is 0.220 e. The predicted molar refractivity (Wildman–Crippen MR) is 97.8 cm³/mol. The van der Waals surface area contributed by atoms with Gasteiger partial charge in [0, 0.05) is 31.4 Å². The first-order chi connectivity index (χ1) is 12.1. The molecule has 0 unspecified atom stereocenters. The van der Waals surface area contributed by atoms with E-state index in [1.54, 1.807) is 10.9 Å². The molecule has 0 fully saturated rings. The van der Waals surface area contributed by atoms with Crippen molar-refractivity contribution in [1.82, 2.24) is 20.1 Å². The average molecular weight is 334 g/mol. The first-order valence-electron chi connectivity index (χ1n) is 8.38. The fraction of sp³-hybridized carbons (Fsp3) is 0.250. The van der Waals surface area contributed by atoms with Crippen LogP contribution in [0.15, 0.2) is 54.9 Å². The highest BCUT2D eigenvalue weighted by Gasteiger charge is 2.12. The van der Waals surface area contributed by atoms with Crippen LogP contribution in [0.1, 0.15) is 23.2 Å². The molecule has 128 valence electrons. The van der Waals surface area contributed by atoms with Gasteiger partial charge in [-0.3, -0.25) is 14.5 Å². The fourth-order valence-corrected chi connectivity index (χ4v) is 2.70. The Morgan fingerprint density at radius 2 is 1.96 bits per heavy atom. The van der Waals surface area contributed by atoms with E-state index >= 15 is 0 Å². The van der Waals surface area contributed by atoms with E-state index < -0.39 is 0 Å². The molecule has 3 rings (SSSR count). The number of amides is 1. The summed E-state index contributed by atoms with van der Waals surface area (Å²) < 4.78 is 1.80. The molecule has 5 nitrogen and oxygen atoms in total. The normalized spacial score (nSPS) is 10.6. The minimum absolute atomic E-state index is 0.0179. The molecule has 25 heavy (non-hydrogen) atoms. The SMILES string of the molecule is Cc1ccc(-c2nn(C)cc2CCC(=O)NCc2ccccn2)cc1. The molecule has 0 aliphatic rings. The van der Waals surface area contributed by atoms with Crippen molar-refractivity contribution in [3.8, 4) is 11.3 Å². The van der Waals surface area contributed by atoms with Crippen LogP contribution in [-0.2, 0) is 24.8 Å². The zero-order chi connectivity index (χ0) is 17.6. The number of nitrogens with zero attached hydrogens (tertiary/aromatic N) is 3. The Kier molecular flexibility index (Phi) is 5.23. The van der Waals surface area contributed by atoms with Crippen molar-refractivity contribution in [2.75, 3.05) is 0 Å². The maximum atomic E-state index is 12.1. The number of carbonyl (C=O) groups excluding carboxylic acids is 1. The highest BCUT2D eigenvalue weighted by atomic mass is 16.1. The van der Waals surface area contributed by atoms with Gasteiger partial charge in [0.15, 0.2) is 0 Å². The Morgan fingerprint density at radius 1 is 1.16 bits per heavy atom. The minimum atomic E-state index is 0.0179. The summed E-state index contributed by atoms with van der Waals surface area (Å²) >= 11 is 0. The Labute approximate surface area is 147 Å². The van der Waals surface area contributed by atoms with Gasteiger partial charge < -0.3 is 5.32 Å². The number of carbonyl (C=O) groups is 1. The van der Waals surface area contributed by atoms with Crippen molar-refractivity contribution in [3.63, 3.8) is 0 Å². The molecular formula is C20H22N4O. The number of benzene rings is 1. The second-order valence-corrected chi connectivity index (χ2v) is 6.14. The maximum Gasteiger partial charge on any atom is 0.220 e. The molecule has 1 N–H and O–H groups in total. The van der Waals surface area contributed by atoms with Crippen LogP contribution in [0.5, 0.6) is 0 Å². The Hall–Kier alpha value is -2.95. The van der Waals surface area contributed by atoms with Gasteiger partial charge in [0.2, 0.25) is 5.91 Å². The molecule has 0 saturated heterocycles. The lowest BCUT2D eigenvalue weighted by atomic mass is 10.0. The highest BCUT2D eigenvalue weighted by Crippen LogP contribution is 2.23. The van der Waals surface area contributed by atoms with Crippen LogP contribution in [0.3, 0.4) is 0 Å². The quantitative estimate of drug-likeness (QED) is 0.754. The summed E-state index contributed by atoms with van der Waals surface area (Å²) in [5, 5.41) is 7.47. The molecule has 0 saturated carbocycles. The van der Waals surface area contributed by atoms with Gasteiger partial charge >= 0.3 is 0 Å². The minimum Gasteiger partial charge on any atom is -0.350 e. The summed E-state index contributed by atoms with van der Waals surface area (Å²) in [5.41, 5.74) is 5.18. The van der Waals surface area contributed by atoms with Crippen molar-refractivity contribution in [1.29, 1.82) is 0 Å². The zero-order valence-electron chi connectivity index (χ0n) is 14.6. The van der Waals surface area contributed by atoms with Gasteiger partial charge in [0.1, 0.15) is 0 Å². The van der Waals surface area contributed by atoms with Gasteiger partial charge in [-0.25, -0.2) is 0 Å². The average Bonchev–Trinajstić information content (AvgIpc) is 3.00. The lowest BCUT2D eigenvalue weighted by molar-refractivity contribution is -0.121. The van der Waals surface area contributed by atoms with Crippen LogP contribution < -0.4 is 5.32 Å². The topological polar surface area (TPSA) is 59.8 Å². The van der Waals surface area contributed by atoms with Crippen molar-refractivity contribution in [2.24, 2.45) is 7.05 Å². The largest absolute Gasteiger partial charge is 0.350 e. The van der Waals surface area contributed by atoms with E-state index in [-0.39, 0.29) is 5.91 Å². The summed E-state index contributed by atoms with van der Waals surface area (Å²) in [5.74, 6) is 0.0179. The summed E-state index contributed by atoms with van der Waals surface area (Å²) in [4.78, 5) is 16.3. The molecule has 0 aliphatic heterocycles. The van der Waals surface area contributed by atoms with E-state index in [0.29, 0.717) is 19.4 Å². The van der Waals surface area contributed by atoms with E-state index in [2.05, 4.69) is 46.6 Å². The van der Waals surface area contributed by atoms with Crippen LogP contribution in [0, 0.1) is 6.92 Å². The molecule has 0 spiro atoms. The molecule has 1 amide bonds. The third-order valence-electron chi connectivity index (χ3n) is 4.04. The molecule has 5 heteroatoms. The number of pyridine rings is 1. The first kappa shape index (κ1) is 16.9. The second-order valence-electron chi connectivity index (χ2n) is 6.14. The number of rotatable bonds is 6. The number of nitrogens with one attached hydrogen (secondary N) is 1. The third kappa shape index (κ3) is 4.53. The lowest BCUT2D eigenvalue weighted by Crippen LogP contribution is -2.23. The Morgan fingerprint density at radius 3 is 2.68 bits per heavy atom.